The van der Waals surface area contributed by atoms with Gasteiger partial charge in [0.2, 0.25) is 11.8 Å². The molecule has 2 heterocycles. The Kier molecular flexibility index (Phi) is 3.77. The van der Waals surface area contributed by atoms with Gasteiger partial charge in [0.1, 0.15) is 5.69 Å². The van der Waals surface area contributed by atoms with Gasteiger partial charge in [0, 0.05) is 12.3 Å². The Bertz CT molecular complexity index is 667. The maximum absolute atomic E-state index is 12.3. The standard InChI is InChI=1S/C15H17N5O/c16-15-18-14(12-8-4-5-9-17-12)19-20(15)13(21)10-11-6-2-1-3-7-11/h4-5,8-10H,1-3,6-7H2,(H2,16,18,19). The molecule has 0 unspecified atom stereocenters. The van der Waals surface area contributed by atoms with Gasteiger partial charge in [-0.05, 0) is 37.8 Å². The molecule has 0 aromatic carbocycles. The van der Waals surface area contributed by atoms with Crippen LogP contribution in [-0.4, -0.2) is 25.7 Å². The molecule has 1 saturated carbocycles. The van der Waals surface area contributed by atoms with Crippen molar-refractivity contribution in [2.45, 2.75) is 32.1 Å². The summed E-state index contributed by atoms with van der Waals surface area (Å²) in [4.78, 5) is 20.5. The second-order valence-corrected chi connectivity index (χ2v) is 5.12. The van der Waals surface area contributed by atoms with Crippen LogP contribution >= 0.6 is 0 Å². The molecule has 0 spiro atoms. The quantitative estimate of drug-likeness (QED) is 0.855. The van der Waals surface area contributed by atoms with Gasteiger partial charge in [-0.25, -0.2) is 0 Å². The molecule has 0 atom stereocenters. The number of rotatable bonds is 2. The minimum atomic E-state index is -0.237. The number of hydrogen-bond donors (Lipinski definition) is 1. The van der Waals surface area contributed by atoms with Crippen LogP contribution < -0.4 is 5.73 Å². The van der Waals surface area contributed by atoms with Gasteiger partial charge < -0.3 is 5.73 Å². The van der Waals surface area contributed by atoms with Crippen LogP contribution in [0.2, 0.25) is 0 Å². The van der Waals surface area contributed by atoms with Crippen LogP contribution in [0.15, 0.2) is 36.0 Å². The lowest BCUT2D eigenvalue weighted by atomic mass is 9.95. The van der Waals surface area contributed by atoms with E-state index < -0.39 is 0 Å². The first-order valence-electron chi connectivity index (χ1n) is 7.12. The number of aromatic nitrogens is 4. The Labute approximate surface area is 122 Å². The van der Waals surface area contributed by atoms with Crippen molar-refractivity contribution in [3.05, 3.63) is 36.0 Å². The number of nitrogen functional groups attached to an aromatic ring is 1. The summed E-state index contributed by atoms with van der Waals surface area (Å²) in [6, 6.07) is 5.43. The van der Waals surface area contributed by atoms with Gasteiger partial charge >= 0.3 is 0 Å². The van der Waals surface area contributed by atoms with Crippen molar-refractivity contribution in [2.75, 3.05) is 5.73 Å². The summed E-state index contributed by atoms with van der Waals surface area (Å²) < 4.78 is 1.14. The largest absolute Gasteiger partial charge is 0.368 e. The van der Waals surface area contributed by atoms with E-state index in [0.717, 1.165) is 30.4 Å². The molecule has 0 bridgehead atoms. The summed E-state index contributed by atoms with van der Waals surface area (Å²) in [6.07, 6.45) is 8.78. The fourth-order valence-electron chi connectivity index (χ4n) is 2.48. The number of hydrogen-bond acceptors (Lipinski definition) is 5. The van der Waals surface area contributed by atoms with Gasteiger partial charge in [-0.3, -0.25) is 9.78 Å². The van der Waals surface area contributed by atoms with Crippen molar-refractivity contribution in [3.8, 4) is 11.5 Å². The molecule has 0 radical (unpaired) electrons. The van der Waals surface area contributed by atoms with E-state index in [1.807, 2.05) is 12.1 Å². The first-order chi connectivity index (χ1) is 10.2. The molecular formula is C15H17N5O. The van der Waals surface area contributed by atoms with Crippen molar-refractivity contribution in [2.24, 2.45) is 0 Å². The third-order valence-electron chi connectivity index (χ3n) is 3.56. The van der Waals surface area contributed by atoms with Gasteiger partial charge in [0.15, 0.2) is 0 Å². The van der Waals surface area contributed by atoms with Gasteiger partial charge in [0.05, 0.1) is 0 Å². The van der Waals surface area contributed by atoms with Crippen LogP contribution in [0, 0.1) is 0 Å². The van der Waals surface area contributed by atoms with Crippen LogP contribution in [0.1, 0.15) is 36.9 Å². The van der Waals surface area contributed by atoms with Gasteiger partial charge in [-0.2, -0.15) is 9.67 Å². The fourth-order valence-corrected chi connectivity index (χ4v) is 2.48. The SMILES string of the molecule is Nc1nc(-c2ccccn2)nn1C(=O)C=C1CCCCC1. The predicted molar refractivity (Wildman–Crippen MR) is 79.5 cm³/mol. The minimum absolute atomic E-state index is 0.0910. The molecule has 21 heavy (non-hydrogen) atoms. The molecule has 1 fully saturated rings. The van der Waals surface area contributed by atoms with E-state index in [9.17, 15) is 4.79 Å². The lowest BCUT2D eigenvalue weighted by molar-refractivity contribution is 0.0955. The highest BCUT2D eigenvalue weighted by molar-refractivity contribution is 5.91. The van der Waals surface area contributed by atoms with Gasteiger partial charge in [-0.15, -0.1) is 5.10 Å². The number of allylic oxidation sites excluding steroid dienone is 2. The average Bonchev–Trinajstić information content (AvgIpc) is 2.91. The topological polar surface area (TPSA) is 86.7 Å². The highest BCUT2D eigenvalue weighted by Crippen LogP contribution is 2.23. The highest BCUT2D eigenvalue weighted by atomic mass is 16.2. The molecule has 3 rings (SSSR count). The number of anilines is 1. The molecule has 6 nitrogen and oxygen atoms in total. The van der Waals surface area contributed by atoms with Crippen molar-refractivity contribution < 1.29 is 4.79 Å². The average molecular weight is 283 g/mol. The third kappa shape index (κ3) is 2.99. The van der Waals surface area contributed by atoms with E-state index in [1.54, 1.807) is 18.3 Å². The third-order valence-corrected chi connectivity index (χ3v) is 3.56. The minimum Gasteiger partial charge on any atom is -0.368 e. The monoisotopic (exact) mass is 283 g/mol. The zero-order valence-electron chi connectivity index (χ0n) is 11.7. The molecule has 2 N–H and O–H groups in total. The fraction of sp³-hybridized carbons (Fsp3) is 0.333. The van der Waals surface area contributed by atoms with E-state index in [4.69, 9.17) is 5.73 Å². The van der Waals surface area contributed by atoms with Gasteiger partial charge in [-0.1, -0.05) is 18.1 Å². The summed E-state index contributed by atoms with van der Waals surface area (Å²) in [5, 5.41) is 4.17. The van der Waals surface area contributed by atoms with E-state index in [1.165, 1.54) is 12.0 Å². The number of nitrogens with zero attached hydrogens (tertiary/aromatic N) is 4. The van der Waals surface area contributed by atoms with E-state index in [0.29, 0.717) is 11.5 Å². The maximum Gasteiger partial charge on any atom is 0.274 e. The van der Waals surface area contributed by atoms with Crippen LogP contribution in [0.25, 0.3) is 11.5 Å². The summed E-state index contributed by atoms with van der Waals surface area (Å²) in [5.41, 5.74) is 7.56. The first-order valence-corrected chi connectivity index (χ1v) is 7.12. The van der Waals surface area contributed by atoms with Gasteiger partial charge in [0.25, 0.3) is 5.91 Å². The van der Waals surface area contributed by atoms with Crippen molar-refractivity contribution >= 4 is 11.9 Å². The molecule has 0 amide bonds. The normalized spacial score (nSPS) is 15.0. The molecule has 108 valence electrons. The zero-order chi connectivity index (χ0) is 14.7. The molecule has 2 aromatic rings. The Balaban J connectivity index is 1.86. The second kappa shape index (κ2) is 5.87. The number of carbonyl (C=O) groups is 1. The number of pyridine rings is 1. The van der Waals surface area contributed by atoms with E-state index in [2.05, 4.69) is 15.1 Å². The van der Waals surface area contributed by atoms with Crippen molar-refractivity contribution in [1.29, 1.82) is 0 Å². The Morgan fingerprint density at radius 2 is 2.05 bits per heavy atom. The number of nitrogens with two attached hydrogens (primary N) is 1. The lowest BCUT2D eigenvalue weighted by Gasteiger charge is -2.12. The molecule has 0 aliphatic heterocycles. The van der Waals surface area contributed by atoms with E-state index >= 15 is 0 Å². The highest BCUT2D eigenvalue weighted by Gasteiger charge is 2.15. The van der Waals surface area contributed by atoms with Crippen molar-refractivity contribution in [3.63, 3.8) is 0 Å². The lowest BCUT2D eigenvalue weighted by Crippen LogP contribution is -2.14. The summed E-state index contributed by atoms with van der Waals surface area (Å²) in [5.74, 6) is 0.218. The van der Waals surface area contributed by atoms with Crippen LogP contribution in [0.4, 0.5) is 5.95 Å². The number of carbonyl (C=O) groups excluding carboxylic acids is 1. The van der Waals surface area contributed by atoms with Crippen molar-refractivity contribution in [1.82, 2.24) is 19.7 Å². The predicted octanol–water partition coefficient (Wildman–Crippen LogP) is 2.45. The molecule has 1 aliphatic carbocycles. The van der Waals surface area contributed by atoms with Crippen LogP contribution in [-0.2, 0) is 0 Å². The maximum atomic E-state index is 12.3. The van der Waals surface area contributed by atoms with Crippen LogP contribution in [0.5, 0.6) is 0 Å². The summed E-state index contributed by atoms with van der Waals surface area (Å²) in [7, 11) is 0. The van der Waals surface area contributed by atoms with E-state index in [-0.39, 0.29) is 11.9 Å². The van der Waals surface area contributed by atoms with Crippen LogP contribution in [0.3, 0.4) is 0 Å². The molecule has 1 aliphatic rings. The molecular weight excluding hydrogens is 266 g/mol. The Hall–Kier alpha value is -2.50. The molecule has 2 aromatic heterocycles. The summed E-state index contributed by atoms with van der Waals surface area (Å²) >= 11 is 0. The Morgan fingerprint density at radius 1 is 1.24 bits per heavy atom. The summed E-state index contributed by atoms with van der Waals surface area (Å²) in [6.45, 7) is 0. The first kappa shape index (κ1) is 13.5. The smallest absolute Gasteiger partial charge is 0.274 e. The molecule has 6 heteroatoms. The molecule has 0 saturated heterocycles. The second-order valence-electron chi connectivity index (χ2n) is 5.12. The zero-order valence-corrected chi connectivity index (χ0v) is 11.7. The Morgan fingerprint density at radius 3 is 2.76 bits per heavy atom.